The highest BCUT2D eigenvalue weighted by Crippen LogP contribution is 2.32. The first-order valence-corrected chi connectivity index (χ1v) is 9.49. The van der Waals surface area contributed by atoms with Crippen molar-refractivity contribution < 1.29 is 14.3 Å². The van der Waals surface area contributed by atoms with Gasteiger partial charge in [-0.2, -0.15) is 0 Å². The van der Waals surface area contributed by atoms with E-state index in [-0.39, 0.29) is 12.7 Å². The molecule has 148 valence electrons. The van der Waals surface area contributed by atoms with Crippen molar-refractivity contribution in [3.63, 3.8) is 0 Å². The largest absolute Gasteiger partial charge is 0.454 e. The van der Waals surface area contributed by atoms with Gasteiger partial charge >= 0.3 is 0 Å². The monoisotopic (exact) mass is 398 g/mol. The van der Waals surface area contributed by atoms with E-state index in [1.807, 2.05) is 48.5 Å². The molecule has 2 aromatic heterocycles. The smallest absolute Gasteiger partial charge is 0.253 e. The molecular weight excluding hydrogens is 380 g/mol. The summed E-state index contributed by atoms with van der Waals surface area (Å²) < 4.78 is 10.7. The van der Waals surface area contributed by atoms with Gasteiger partial charge in [0.05, 0.1) is 28.7 Å². The number of amides is 1. The first-order valence-electron chi connectivity index (χ1n) is 9.49. The predicted molar refractivity (Wildman–Crippen MR) is 113 cm³/mol. The summed E-state index contributed by atoms with van der Waals surface area (Å²) in [6.07, 6.45) is 4.98. The van der Waals surface area contributed by atoms with Crippen molar-refractivity contribution in [2.45, 2.75) is 6.54 Å². The molecule has 2 N–H and O–H groups in total. The first-order chi connectivity index (χ1) is 14.8. The molecule has 0 aliphatic carbocycles. The zero-order valence-electron chi connectivity index (χ0n) is 16.0. The number of fused-ring (bicyclic) bond motifs is 2. The maximum absolute atomic E-state index is 12.6. The fourth-order valence-corrected chi connectivity index (χ4v) is 3.33. The van der Waals surface area contributed by atoms with Crippen LogP contribution >= 0.6 is 0 Å². The molecule has 1 aliphatic rings. The molecular formula is C23H18N4O3. The number of nitrogens with zero attached hydrogens (tertiary/aromatic N) is 2. The number of rotatable bonds is 5. The Morgan fingerprint density at radius 1 is 1.00 bits per heavy atom. The minimum Gasteiger partial charge on any atom is -0.454 e. The van der Waals surface area contributed by atoms with Gasteiger partial charge in [0.15, 0.2) is 11.5 Å². The van der Waals surface area contributed by atoms with Gasteiger partial charge in [-0.1, -0.05) is 24.3 Å². The minimum absolute atomic E-state index is 0.208. The van der Waals surface area contributed by atoms with E-state index < -0.39 is 0 Å². The van der Waals surface area contributed by atoms with Crippen molar-refractivity contribution in [2.75, 3.05) is 12.1 Å². The van der Waals surface area contributed by atoms with Gasteiger partial charge in [-0.05, 0) is 35.9 Å². The standard InChI is InChI=1S/C23H18N4O3/c28-23(26-11-15-6-7-20-21(9-15)30-14-29-20)17-10-18(13-24-12-17)27-19-5-1-3-16-4-2-8-25-22(16)19/h1-10,12-13,27H,11,14H2,(H,26,28). The predicted octanol–water partition coefficient (Wildman–Crippen LogP) is 4.03. The van der Waals surface area contributed by atoms with Gasteiger partial charge in [0, 0.05) is 24.3 Å². The van der Waals surface area contributed by atoms with E-state index in [4.69, 9.17) is 9.47 Å². The Morgan fingerprint density at radius 3 is 2.87 bits per heavy atom. The van der Waals surface area contributed by atoms with Crippen LogP contribution in [0.2, 0.25) is 0 Å². The Morgan fingerprint density at radius 2 is 1.90 bits per heavy atom. The number of ether oxygens (including phenoxy) is 2. The summed E-state index contributed by atoms with van der Waals surface area (Å²) in [4.78, 5) is 21.3. The number of hydrogen-bond acceptors (Lipinski definition) is 6. The number of anilines is 2. The summed E-state index contributed by atoms with van der Waals surface area (Å²) in [6, 6.07) is 17.2. The summed E-state index contributed by atoms with van der Waals surface area (Å²) in [5.41, 5.74) is 3.82. The molecule has 1 aliphatic heterocycles. The highest BCUT2D eigenvalue weighted by Gasteiger charge is 2.14. The van der Waals surface area contributed by atoms with E-state index in [0.29, 0.717) is 23.5 Å². The number of benzene rings is 2. The molecule has 1 amide bonds. The number of carbonyl (C=O) groups is 1. The van der Waals surface area contributed by atoms with Gasteiger partial charge in [0.2, 0.25) is 6.79 Å². The molecule has 0 radical (unpaired) electrons. The van der Waals surface area contributed by atoms with Gasteiger partial charge in [0.1, 0.15) is 0 Å². The second kappa shape index (κ2) is 7.71. The van der Waals surface area contributed by atoms with Crippen LogP contribution in [0, 0.1) is 0 Å². The van der Waals surface area contributed by atoms with Gasteiger partial charge in [-0.25, -0.2) is 0 Å². The van der Waals surface area contributed by atoms with Crippen molar-refractivity contribution in [1.29, 1.82) is 0 Å². The van der Waals surface area contributed by atoms with E-state index in [0.717, 1.165) is 27.9 Å². The maximum atomic E-state index is 12.6. The molecule has 0 saturated heterocycles. The highest BCUT2D eigenvalue weighted by molar-refractivity contribution is 5.96. The second-order valence-electron chi connectivity index (χ2n) is 6.84. The van der Waals surface area contributed by atoms with Crippen molar-refractivity contribution in [1.82, 2.24) is 15.3 Å². The Bertz CT molecular complexity index is 1240. The molecule has 7 nitrogen and oxygen atoms in total. The average molecular weight is 398 g/mol. The van der Waals surface area contributed by atoms with Gasteiger partial charge in [-0.15, -0.1) is 0 Å². The number of para-hydroxylation sites is 1. The first kappa shape index (κ1) is 17.9. The lowest BCUT2D eigenvalue weighted by Gasteiger charge is -2.10. The molecule has 0 saturated carbocycles. The van der Waals surface area contributed by atoms with Crippen LogP contribution in [0.5, 0.6) is 11.5 Å². The van der Waals surface area contributed by atoms with E-state index in [1.165, 1.54) is 0 Å². The lowest BCUT2D eigenvalue weighted by atomic mass is 10.1. The summed E-state index contributed by atoms with van der Waals surface area (Å²) >= 11 is 0. The van der Waals surface area contributed by atoms with Crippen LogP contribution in [-0.4, -0.2) is 22.7 Å². The topological polar surface area (TPSA) is 85.4 Å². The third-order valence-corrected chi connectivity index (χ3v) is 4.80. The minimum atomic E-state index is -0.208. The molecule has 0 atom stereocenters. The summed E-state index contributed by atoms with van der Waals surface area (Å²) in [5.74, 6) is 1.20. The van der Waals surface area contributed by atoms with E-state index in [1.54, 1.807) is 24.7 Å². The molecule has 0 spiro atoms. The SMILES string of the molecule is O=C(NCc1ccc2c(c1)OCO2)c1cncc(Nc2cccc3cccnc23)c1. The van der Waals surface area contributed by atoms with Crippen molar-refractivity contribution in [3.8, 4) is 11.5 Å². The molecule has 7 heteroatoms. The van der Waals surface area contributed by atoms with Gasteiger partial charge in [0.25, 0.3) is 5.91 Å². The number of pyridine rings is 2. The zero-order valence-corrected chi connectivity index (χ0v) is 16.0. The quantitative estimate of drug-likeness (QED) is 0.528. The highest BCUT2D eigenvalue weighted by atomic mass is 16.7. The Labute approximate surface area is 172 Å². The van der Waals surface area contributed by atoms with Crippen LogP contribution in [0.4, 0.5) is 11.4 Å². The van der Waals surface area contributed by atoms with Crippen LogP contribution in [0.3, 0.4) is 0 Å². The Kier molecular flexibility index (Phi) is 4.61. The van der Waals surface area contributed by atoms with Crippen molar-refractivity contribution in [3.05, 3.63) is 84.3 Å². The summed E-state index contributed by atoms with van der Waals surface area (Å²) in [5, 5.41) is 7.26. The normalized spacial score (nSPS) is 12.0. The van der Waals surface area contributed by atoms with E-state index >= 15 is 0 Å². The summed E-state index contributed by atoms with van der Waals surface area (Å²) in [7, 11) is 0. The zero-order chi connectivity index (χ0) is 20.3. The van der Waals surface area contributed by atoms with E-state index in [9.17, 15) is 4.79 Å². The fraction of sp³-hybridized carbons (Fsp3) is 0.0870. The molecule has 0 fully saturated rings. The molecule has 0 bridgehead atoms. The number of aromatic nitrogens is 2. The number of carbonyl (C=O) groups excluding carboxylic acids is 1. The van der Waals surface area contributed by atoms with Crippen LogP contribution in [0.25, 0.3) is 10.9 Å². The van der Waals surface area contributed by atoms with Crippen LogP contribution in [0.1, 0.15) is 15.9 Å². The molecule has 4 aromatic rings. The molecule has 2 aromatic carbocycles. The number of nitrogens with one attached hydrogen (secondary N) is 2. The van der Waals surface area contributed by atoms with Crippen molar-refractivity contribution >= 4 is 28.2 Å². The fourth-order valence-electron chi connectivity index (χ4n) is 3.33. The third kappa shape index (κ3) is 3.60. The molecule has 3 heterocycles. The maximum Gasteiger partial charge on any atom is 0.253 e. The van der Waals surface area contributed by atoms with Crippen LogP contribution in [-0.2, 0) is 6.54 Å². The van der Waals surface area contributed by atoms with Crippen molar-refractivity contribution in [2.24, 2.45) is 0 Å². The van der Waals surface area contributed by atoms with Crippen LogP contribution < -0.4 is 20.1 Å². The summed E-state index contributed by atoms with van der Waals surface area (Å²) in [6.45, 7) is 0.600. The Balaban J connectivity index is 1.30. The molecule has 5 rings (SSSR count). The van der Waals surface area contributed by atoms with Gasteiger partial charge in [-0.3, -0.25) is 14.8 Å². The second-order valence-corrected chi connectivity index (χ2v) is 6.84. The number of hydrogen-bond donors (Lipinski definition) is 2. The molecule has 30 heavy (non-hydrogen) atoms. The van der Waals surface area contributed by atoms with Gasteiger partial charge < -0.3 is 20.1 Å². The Hall–Kier alpha value is -4.13. The lowest BCUT2D eigenvalue weighted by Crippen LogP contribution is -2.23. The van der Waals surface area contributed by atoms with Crippen LogP contribution in [0.15, 0.2) is 73.2 Å². The third-order valence-electron chi connectivity index (χ3n) is 4.80. The average Bonchev–Trinajstić information content (AvgIpc) is 3.26. The van der Waals surface area contributed by atoms with E-state index in [2.05, 4.69) is 20.6 Å². The molecule has 0 unspecified atom stereocenters. The lowest BCUT2D eigenvalue weighted by molar-refractivity contribution is 0.0950.